The number of aliphatic hydroxyl groups excluding tert-OH is 1. The number of anilines is 3. The number of ether oxygens (including phenoxy) is 1. The molecular weight excluding hydrogens is 909 g/mol. The maximum atomic E-state index is 14.0. The Morgan fingerprint density at radius 2 is 1.59 bits per heavy atom. The lowest BCUT2D eigenvalue weighted by Crippen LogP contribution is -2.58. The summed E-state index contributed by atoms with van der Waals surface area (Å²) in [5.74, 6) is -1.15. The van der Waals surface area contributed by atoms with Gasteiger partial charge in [0.1, 0.15) is 24.2 Å². The number of nitrogens with one attached hydrogen (secondary N) is 3. The van der Waals surface area contributed by atoms with E-state index in [1.54, 1.807) is 39.0 Å². The molecule has 4 N–H and O–H groups in total. The Morgan fingerprint density at radius 1 is 0.943 bits per heavy atom. The Bertz CT molecular complexity index is 2810. The van der Waals surface area contributed by atoms with Crippen LogP contribution < -0.4 is 25.8 Å². The van der Waals surface area contributed by atoms with E-state index in [1.165, 1.54) is 16.2 Å². The summed E-state index contributed by atoms with van der Waals surface area (Å²) in [4.78, 5) is 79.4. The number of aromatic nitrogens is 1. The van der Waals surface area contributed by atoms with Crippen molar-refractivity contribution in [3.8, 4) is 22.5 Å². The van der Waals surface area contributed by atoms with Gasteiger partial charge in [0.05, 0.1) is 18.4 Å². The molecule has 16 nitrogen and oxygen atoms in total. The van der Waals surface area contributed by atoms with Crippen molar-refractivity contribution in [1.29, 1.82) is 0 Å². The number of thiocarbonyl (C=S) groups is 1. The molecule has 364 valence electrons. The largest absolute Gasteiger partial charge is 0.443 e. The number of hydrogen-bond acceptors (Lipinski definition) is 10. The van der Waals surface area contributed by atoms with Gasteiger partial charge < -0.3 is 40.0 Å². The van der Waals surface area contributed by atoms with Crippen molar-refractivity contribution in [3.63, 3.8) is 0 Å². The second-order valence-electron chi connectivity index (χ2n) is 19.2. The monoisotopic (exact) mass is 966 g/mol. The van der Waals surface area contributed by atoms with Crippen LogP contribution >= 0.6 is 12.2 Å². The summed E-state index contributed by atoms with van der Waals surface area (Å²) in [5.41, 5.74) is 5.87. The minimum Gasteiger partial charge on any atom is -0.443 e. The number of hydrogen-bond donors (Lipinski definition) is 4. The van der Waals surface area contributed by atoms with Gasteiger partial charge in [-0.2, -0.15) is 0 Å². The molecule has 2 aliphatic rings. The maximum Gasteiger partial charge on any atom is 0.259 e. The molecule has 0 saturated carbocycles. The van der Waals surface area contributed by atoms with Crippen LogP contribution in [0, 0.1) is 25.8 Å². The van der Waals surface area contributed by atoms with Crippen LogP contribution in [0.25, 0.3) is 27.3 Å². The van der Waals surface area contributed by atoms with Gasteiger partial charge >= 0.3 is 0 Å². The molecule has 0 radical (unpaired) electrons. The van der Waals surface area contributed by atoms with Crippen LogP contribution in [-0.4, -0.2) is 93.1 Å². The molecule has 5 amide bonds. The first-order chi connectivity index (χ1) is 33.3. The molecule has 17 heteroatoms. The predicted molar refractivity (Wildman–Crippen MR) is 271 cm³/mol. The fourth-order valence-corrected chi connectivity index (χ4v) is 9.14. The van der Waals surface area contributed by atoms with Gasteiger partial charge in [-0.05, 0) is 110 Å². The molecule has 70 heavy (non-hydrogen) atoms. The zero-order valence-corrected chi connectivity index (χ0v) is 41.2. The van der Waals surface area contributed by atoms with Gasteiger partial charge in [0.15, 0.2) is 23.0 Å². The summed E-state index contributed by atoms with van der Waals surface area (Å²) >= 11 is 5.85. The van der Waals surface area contributed by atoms with Crippen LogP contribution in [0.3, 0.4) is 0 Å². The number of carbonyl (C=O) groups excluding carboxylic acids is 5. The first kappa shape index (κ1) is 50.6. The lowest BCUT2D eigenvalue weighted by atomic mass is 9.85. The highest BCUT2D eigenvalue weighted by Crippen LogP contribution is 2.38. The zero-order chi connectivity index (χ0) is 50.5. The molecule has 5 aromatic rings. The van der Waals surface area contributed by atoms with E-state index in [-0.39, 0.29) is 51.0 Å². The molecule has 0 aliphatic carbocycles. The van der Waals surface area contributed by atoms with Gasteiger partial charge in [0.25, 0.3) is 5.91 Å². The molecule has 2 aliphatic heterocycles. The Hall–Kier alpha value is -7.26. The lowest BCUT2D eigenvalue weighted by molar-refractivity contribution is -0.144. The first-order valence-electron chi connectivity index (χ1n) is 23.1. The minimum atomic E-state index is -1.01. The number of nitrogens with zero attached hydrogens (tertiary/aromatic N) is 5. The molecule has 0 bridgehead atoms. The molecule has 2 saturated heterocycles. The number of rotatable bonds is 16. The van der Waals surface area contributed by atoms with Crippen LogP contribution in [-0.2, 0) is 35.3 Å². The van der Waals surface area contributed by atoms with E-state index in [2.05, 4.69) is 25.8 Å². The second kappa shape index (κ2) is 21.2. The summed E-state index contributed by atoms with van der Waals surface area (Å²) in [6.07, 6.45) is 1.03. The normalized spacial score (nSPS) is 17.0. The van der Waals surface area contributed by atoms with Crippen molar-refractivity contribution in [2.45, 2.75) is 98.0 Å². The van der Waals surface area contributed by atoms with E-state index < -0.39 is 46.9 Å². The molecule has 1 aromatic heterocycles. The number of likely N-dealkylation sites (tertiary alicyclic amines) is 1. The summed E-state index contributed by atoms with van der Waals surface area (Å²) in [6.45, 7) is 20.1. The zero-order valence-electron chi connectivity index (χ0n) is 40.4. The molecular formula is C53H58N8O8S. The number of aliphatic hydroxyl groups is 1. The van der Waals surface area contributed by atoms with Gasteiger partial charge in [-0.25, -0.2) is 9.83 Å². The quantitative estimate of drug-likeness (QED) is 0.0432. The van der Waals surface area contributed by atoms with Gasteiger partial charge in [0.2, 0.25) is 23.6 Å². The number of β-amino-alcohol motifs (C(OH)–C–C–N with tert-alkyl or cyclic N) is 1. The van der Waals surface area contributed by atoms with Crippen LogP contribution in [0.1, 0.15) is 70.7 Å². The van der Waals surface area contributed by atoms with E-state index >= 15 is 0 Å². The third-order valence-corrected chi connectivity index (χ3v) is 12.9. The highest BCUT2D eigenvalue weighted by molar-refractivity contribution is 7.81. The third-order valence-electron chi connectivity index (χ3n) is 12.5. The van der Waals surface area contributed by atoms with Crippen molar-refractivity contribution in [1.82, 2.24) is 20.5 Å². The molecule has 0 spiro atoms. The van der Waals surface area contributed by atoms with E-state index in [4.69, 9.17) is 27.9 Å². The number of amides is 5. The Morgan fingerprint density at radius 3 is 2.20 bits per heavy atom. The van der Waals surface area contributed by atoms with Crippen molar-refractivity contribution in [2.24, 2.45) is 5.41 Å². The molecule has 3 atom stereocenters. The third kappa shape index (κ3) is 11.3. The van der Waals surface area contributed by atoms with E-state index in [0.29, 0.717) is 34.4 Å². The van der Waals surface area contributed by atoms with E-state index in [9.17, 15) is 29.1 Å². The van der Waals surface area contributed by atoms with Crippen LogP contribution in [0.15, 0.2) is 102 Å². The fourth-order valence-electron chi connectivity index (χ4n) is 8.62. The van der Waals surface area contributed by atoms with E-state index in [1.807, 2.05) is 105 Å². The molecule has 7 rings (SSSR count). The first-order valence-corrected chi connectivity index (χ1v) is 23.5. The topological polar surface area (TPSA) is 191 Å². The summed E-state index contributed by atoms with van der Waals surface area (Å²) < 4.78 is 11.1. The number of carbonyl (C=O) groups is 5. The predicted octanol–water partition coefficient (Wildman–Crippen LogP) is 7.64. The minimum absolute atomic E-state index is 0.0522. The van der Waals surface area contributed by atoms with Crippen molar-refractivity contribution < 1.29 is 38.2 Å². The summed E-state index contributed by atoms with van der Waals surface area (Å²) in [5, 5.41) is 19.5. The SMILES string of the molecule is [C-]#[N+]c1ccc(N2C(=O)C(C)(C)N(c3ccc(-c4ccc(NC(=O)CCCOCC(=O)N[C@H](C(=O)N5C[C@H](O)C[C@H]5C(=O)NCc5ccc(-c6ocnc6C)cc5)C(C)(C)C)cc4)cc3)C2=S)cc1C. The van der Waals surface area contributed by atoms with Crippen LogP contribution in [0.4, 0.5) is 22.7 Å². The molecule has 4 aromatic carbocycles. The number of oxazole rings is 1. The van der Waals surface area contributed by atoms with Gasteiger partial charge in [-0.1, -0.05) is 75.4 Å². The highest BCUT2D eigenvalue weighted by Gasteiger charge is 2.50. The standard InChI is InChI=1S/C53H58N8O8S/c1-32-26-40(23-24-42(32)54-8)60-50(67)53(6,7)61(51(60)70)39-21-17-36(18-22-39)35-15-19-38(20-16-35)57-44(63)10-9-25-68-30-45(64)58-47(52(3,4)5)49(66)59-29-41(62)27-43(59)48(65)55-28-34-11-13-37(14-12-34)46-33(2)56-31-69-46/h11-24,26,31,41,43,47,62H,9-10,25,27-30H2,1-7H3,(H,55,65)(H,57,63)(H,58,64)/t41-,43+,47-/m1/s1. The van der Waals surface area contributed by atoms with Gasteiger partial charge in [0, 0.05) is 55.2 Å². The van der Waals surface area contributed by atoms with Crippen molar-refractivity contribution in [2.75, 3.05) is 34.9 Å². The smallest absolute Gasteiger partial charge is 0.259 e. The van der Waals surface area contributed by atoms with Gasteiger partial charge in [-0.15, -0.1) is 0 Å². The van der Waals surface area contributed by atoms with Crippen LogP contribution in [0.5, 0.6) is 0 Å². The van der Waals surface area contributed by atoms with Crippen LogP contribution in [0.2, 0.25) is 0 Å². The Kier molecular flexibility index (Phi) is 15.3. The average molecular weight is 967 g/mol. The molecule has 3 heterocycles. The maximum absolute atomic E-state index is 14.0. The lowest BCUT2D eigenvalue weighted by Gasteiger charge is -2.35. The van der Waals surface area contributed by atoms with Gasteiger partial charge in [-0.3, -0.25) is 28.9 Å². The van der Waals surface area contributed by atoms with E-state index in [0.717, 1.165) is 39.2 Å². The molecule has 0 unspecified atom stereocenters. The van der Waals surface area contributed by atoms with Crippen molar-refractivity contribution >= 4 is 69.6 Å². The summed E-state index contributed by atoms with van der Waals surface area (Å²) in [6, 6.07) is 25.9. The molecule has 2 fully saturated rings. The Balaban J connectivity index is 0.847. The fraction of sp³-hybridized carbons (Fsp3) is 0.358. The number of aryl methyl sites for hydroxylation is 2. The van der Waals surface area contributed by atoms with Crippen molar-refractivity contribution in [3.05, 3.63) is 126 Å². The summed E-state index contributed by atoms with van der Waals surface area (Å²) in [7, 11) is 0. The Labute approximate surface area is 413 Å². The average Bonchev–Trinajstić information content (AvgIpc) is 3.99. The highest BCUT2D eigenvalue weighted by atomic mass is 32.1. The second-order valence-corrected chi connectivity index (χ2v) is 19.5. The number of benzene rings is 4.